The van der Waals surface area contributed by atoms with E-state index in [4.69, 9.17) is 4.74 Å². The highest BCUT2D eigenvalue weighted by molar-refractivity contribution is 7.13. The zero-order chi connectivity index (χ0) is 14.7. The Kier molecular flexibility index (Phi) is 4.87. The molecule has 5 nitrogen and oxygen atoms in total. The average molecular weight is 309 g/mol. The van der Waals surface area contributed by atoms with Gasteiger partial charge in [-0.25, -0.2) is 4.98 Å². The lowest BCUT2D eigenvalue weighted by molar-refractivity contribution is 0.0896. The third-order valence-electron chi connectivity index (χ3n) is 4.21. The predicted molar refractivity (Wildman–Crippen MR) is 82.9 cm³/mol. The Balaban J connectivity index is 1.44. The number of carbonyl (C=O) groups excluding carboxylic acids is 1. The SMILES string of the molecule is COCCN1CCC(NC(=O)c2cnc(C3CC3)s2)CC1. The van der Waals surface area contributed by atoms with Crippen molar-refractivity contribution in [2.75, 3.05) is 33.4 Å². The molecule has 0 spiro atoms. The van der Waals surface area contributed by atoms with Crippen LogP contribution in [0.15, 0.2) is 6.20 Å². The standard InChI is InChI=1S/C15H23N3O2S/c1-20-9-8-18-6-4-12(5-7-18)17-14(19)13-10-16-15(21-13)11-2-3-11/h10-12H,2-9H2,1H3,(H,17,19). The lowest BCUT2D eigenvalue weighted by atomic mass is 10.1. The second-order valence-electron chi connectivity index (χ2n) is 5.92. The van der Waals surface area contributed by atoms with Crippen LogP contribution in [-0.2, 0) is 4.74 Å². The summed E-state index contributed by atoms with van der Waals surface area (Å²) in [5.41, 5.74) is 0. The van der Waals surface area contributed by atoms with Crippen molar-refractivity contribution in [2.24, 2.45) is 0 Å². The van der Waals surface area contributed by atoms with Gasteiger partial charge in [-0.3, -0.25) is 4.79 Å². The zero-order valence-corrected chi connectivity index (χ0v) is 13.3. The molecule has 2 aliphatic rings. The van der Waals surface area contributed by atoms with Crippen molar-refractivity contribution in [3.63, 3.8) is 0 Å². The predicted octanol–water partition coefficient (Wildman–Crippen LogP) is 1.86. The van der Waals surface area contributed by atoms with E-state index in [2.05, 4.69) is 15.2 Å². The van der Waals surface area contributed by atoms with E-state index in [9.17, 15) is 4.79 Å². The number of nitrogens with zero attached hydrogens (tertiary/aromatic N) is 2. The number of rotatable bonds is 6. The first-order valence-corrected chi connectivity index (χ1v) is 8.56. The summed E-state index contributed by atoms with van der Waals surface area (Å²) >= 11 is 1.56. The van der Waals surface area contributed by atoms with E-state index in [1.807, 2.05) is 0 Å². The maximum absolute atomic E-state index is 12.2. The average Bonchev–Trinajstić information content (AvgIpc) is 3.23. The molecule has 2 fully saturated rings. The van der Waals surface area contributed by atoms with Crippen LogP contribution in [0.5, 0.6) is 0 Å². The number of carbonyl (C=O) groups is 1. The van der Waals surface area contributed by atoms with E-state index in [0.29, 0.717) is 12.0 Å². The molecular formula is C15H23N3O2S. The van der Waals surface area contributed by atoms with Crippen LogP contribution < -0.4 is 5.32 Å². The number of aromatic nitrogens is 1. The van der Waals surface area contributed by atoms with Crippen molar-refractivity contribution in [2.45, 2.75) is 37.6 Å². The number of hydrogen-bond acceptors (Lipinski definition) is 5. The Hall–Kier alpha value is -0.980. The highest BCUT2D eigenvalue weighted by Crippen LogP contribution is 2.41. The molecule has 6 heteroatoms. The van der Waals surface area contributed by atoms with Crippen molar-refractivity contribution < 1.29 is 9.53 Å². The Morgan fingerprint density at radius 2 is 2.19 bits per heavy atom. The van der Waals surface area contributed by atoms with Gasteiger partial charge >= 0.3 is 0 Å². The smallest absolute Gasteiger partial charge is 0.263 e. The Morgan fingerprint density at radius 3 is 2.86 bits per heavy atom. The molecule has 1 aliphatic heterocycles. The van der Waals surface area contributed by atoms with Crippen LogP contribution in [0.1, 0.15) is 46.3 Å². The number of piperidine rings is 1. The molecule has 2 heterocycles. The molecule has 1 amide bonds. The van der Waals surface area contributed by atoms with E-state index in [1.165, 1.54) is 12.8 Å². The fourth-order valence-electron chi connectivity index (χ4n) is 2.69. The Labute approximate surface area is 129 Å². The molecule has 1 saturated heterocycles. The van der Waals surface area contributed by atoms with Gasteiger partial charge in [0.25, 0.3) is 5.91 Å². The first-order chi connectivity index (χ1) is 10.3. The van der Waals surface area contributed by atoms with E-state index < -0.39 is 0 Å². The molecule has 116 valence electrons. The molecule has 0 radical (unpaired) electrons. The van der Waals surface area contributed by atoms with Gasteiger partial charge in [-0.2, -0.15) is 0 Å². The fourth-order valence-corrected chi connectivity index (χ4v) is 3.68. The van der Waals surface area contributed by atoms with Crippen molar-refractivity contribution >= 4 is 17.2 Å². The molecule has 0 bridgehead atoms. The van der Waals surface area contributed by atoms with Crippen LogP contribution in [0.4, 0.5) is 0 Å². The number of hydrogen-bond donors (Lipinski definition) is 1. The van der Waals surface area contributed by atoms with Crippen molar-refractivity contribution in [1.29, 1.82) is 0 Å². The molecule has 3 rings (SSSR count). The highest BCUT2D eigenvalue weighted by Gasteiger charge is 2.28. The van der Waals surface area contributed by atoms with Gasteiger partial charge in [0.05, 0.1) is 17.8 Å². The minimum absolute atomic E-state index is 0.0507. The number of thiazole rings is 1. The molecule has 1 aromatic heterocycles. The molecular weight excluding hydrogens is 286 g/mol. The van der Waals surface area contributed by atoms with Gasteiger partial charge < -0.3 is 15.0 Å². The fraction of sp³-hybridized carbons (Fsp3) is 0.733. The first kappa shape index (κ1) is 14.9. The molecule has 1 saturated carbocycles. The van der Waals surface area contributed by atoms with Gasteiger partial charge in [0.15, 0.2) is 0 Å². The van der Waals surface area contributed by atoms with Gasteiger partial charge in [-0.15, -0.1) is 11.3 Å². The van der Waals surface area contributed by atoms with Gasteiger partial charge in [0, 0.05) is 38.7 Å². The zero-order valence-electron chi connectivity index (χ0n) is 12.5. The maximum atomic E-state index is 12.2. The Morgan fingerprint density at radius 1 is 1.43 bits per heavy atom. The summed E-state index contributed by atoms with van der Waals surface area (Å²) in [6.07, 6.45) is 6.23. The van der Waals surface area contributed by atoms with Gasteiger partial charge in [-0.1, -0.05) is 0 Å². The molecule has 0 aromatic carbocycles. The minimum atomic E-state index is 0.0507. The summed E-state index contributed by atoms with van der Waals surface area (Å²) in [5, 5.41) is 4.29. The topological polar surface area (TPSA) is 54.5 Å². The van der Waals surface area contributed by atoms with E-state index in [-0.39, 0.29) is 5.91 Å². The van der Waals surface area contributed by atoms with Crippen LogP contribution in [-0.4, -0.2) is 55.2 Å². The summed E-state index contributed by atoms with van der Waals surface area (Å²) in [4.78, 5) is 19.8. The van der Waals surface area contributed by atoms with Crippen LogP contribution in [0, 0.1) is 0 Å². The van der Waals surface area contributed by atoms with Crippen LogP contribution in [0.25, 0.3) is 0 Å². The quantitative estimate of drug-likeness (QED) is 0.871. The summed E-state index contributed by atoms with van der Waals surface area (Å²) in [6.45, 7) is 3.83. The van der Waals surface area contributed by atoms with E-state index in [0.717, 1.165) is 49.0 Å². The molecule has 1 aliphatic carbocycles. The molecule has 1 N–H and O–H groups in total. The van der Waals surface area contributed by atoms with Gasteiger partial charge in [0.1, 0.15) is 4.88 Å². The largest absolute Gasteiger partial charge is 0.383 e. The summed E-state index contributed by atoms with van der Waals surface area (Å²) in [5.74, 6) is 0.676. The lowest BCUT2D eigenvalue weighted by Gasteiger charge is -2.31. The molecule has 0 unspecified atom stereocenters. The highest BCUT2D eigenvalue weighted by atomic mass is 32.1. The summed E-state index contributed by atoms with van der Waals surface area (Å²) < 4.78 is 5.10. The summed E-state index contributed by atoms with van der Waals surface area (Å²) in [7, 11) is 1.73. The molecule has 0 atom stereocenters. The van der Waals surface area contributed by atoms with Crippen LogP contribution in [0.2, 0.25) is 0 Å². The van der Waals surface area contributed by atoms with Crippen molar-refractivity contribution in [3.05, 3.63) is 16.1 Å². The second-order valence-corrected chi connectivity index (χ2v) is 6.98. The molecule has 21 heavy (non-hydrogen) atoms. The third kappa shape index (κ3) is 4.02. The number of ether oxygens (including phenoxy) is 1. The Bertz CT molecular complexity index is 479. The molecule has 1 aromatic rings. The summed E-state index contributed by atoms with van der Waals surface area (Å²) in [6, 6.07) is 0.294. The van der Waals surface area contributed by atoms with Crippen LogP contribution in [0.3, 0.4) is 0 Å². The first-order valence-electron chi connectivity index (χ1n) is 7.74. The van der Waals surface area contributed by atoms with Crippen LogP contribution >= 0.6 is 11.3 Å². The number of likely N-dealkylation sites (tertiary alicyclic amines) is 1. The number of nitrogens with one attached hydrogen (secondary N) is 1. The van der Waals surface area contributed by atoms with E-state index >= 15 is 0 Å². The van der Waals surface area contributed by atoms with Gasteiger partial charge in [0.2, 0.25) is 0 Å². The van der Waals surface area contributed by atoms with Gasteiger partial charge in [-0.05, 0) is 25.7 Å². The second kappa shape index (κ2) is 6.85. The van der Waals surface area contributed by atoms with E-state index in [1.54, 1.807) is 24.6 Å². The van der Waals surface area contributed by atoms with Crippen molar-refractivity contribution in [1.82, 2.24) is 15.2 Å². The monoisotopic (exact) mass is 309 g/mol. The number of amides is 1. The normalized spacial score (nSPS) is 20.6. The minimum Gasteiger partial charge on any atom is -0.383 e. The maximum Gasteiger partial charge on any atom is 0.263 e. The number of methoxy groups -OCH3 is 1. The van der Waals surface area contributed by atoms with Crippen molar-refractivity contribution in [3.8, 4) is 0 Å². The lowest BCUT2D eigenvalue weighted by Crippen LogP contribution is -2.45. The third-order valence-corrected chi connectivity index (χ3v) is 5.37.